The standard InChI is InChI=1S/C32H38Si/c1-21-19-24-12-6-8-15-26(24)31(21)33(3,4)32-22(2)20-30-28(17-10-18-29(30)32)27-16-9-13-23-11-5-7-14-25(23)27/h5,7,9-11,13-14,16-18,21-22,31-32H,6,8,12,15,19-20H2,1-4H3. The predicted molar refractivity (Wildman–Crippen MR) is 145 cm³/mol. The Hall–Kier alpha value is -2.12. The van der Waals surface area contributed by atoms with Crippen molar-refractivity contribution in [2.45, 2.75) is 76.5 Å². The summed E-state index contributed by atoms with van der Waals surface area (Å²) in [6.07, 6.45) is 8.27. The van der Waals surface area contributed by atoms with E-state index in [1.165, 1.54) is 60.4 Å². The minimum atomic E-state index is -1.56. The Bertz CT molecular complexity index is 1240. The van der Waals surface area contributed by atoms with Gasteiger partial charge in [-0.2, -0.15) is 0 Å². The molecule has 3 aromatic rings. The lowest BCUT2D eigenvalue weighted by Crippen LogP contribution is -2.44. The Morgan fingerprint density at radius 2 is 1.39 bits per heavy atom. The van der Waals surface area contributed by atoms with Crippen LogP contribution in [-0.2, 0) is 6.42 Å². The van der Waals surface area contributed by atoms with Crippen LogP contribution < -0.4 is 0 Å². The van der Waals surface area contributed by atoms with Gasteiger partial charge >= 0.3 is 0 Å². The topological polar surface area (TPSA) is 0 Å². The molecule has 3 aliphatic rings. The molecule has 0 amide bonds. The second-order valence-corrected chi connectivity index (χ2v) is 16.8. The van der Waals surface area contributed by atoms with Gasteiger partial charge in [-0.25, -0.2) is 0 Å². The Kier molecular flexibility index (Phi) is 5.18. The highest BCUT2D eigenvalue weighted by molar-refractivity contribution is 6.81. The first-order chi connectivity index (χ1) is 16.0. The van der Waals surface area contributed by atoms with Crippen LogP contribution in [0.25, 0.3) is 21.9 Å². The first kappa shape index (κ1) is 21.4. The zero-order valence-corrected chi connectivity index (χ0v) is 21.8. The average Bonchev–Trinajstić information content (AvgIpc) is 3.34. The van der Waals surface area contributed by atoms with Crippen LogP contribution in [0.15, 0.2) is 71.8 Å². The molecule has 0 bridgehead atoms. The quantitative estimate of drug-likeness (QED) is 0.275. The number of hydrogen-bond acceptors (Lipinski definition) is 0. The maximum absolute atomic E-state index is 2.75. The second-order valence-electron chi connectivity index (χ2n) is 11.9. The van der Waals surface area contributed by atoms with Crippen LogP contribution in [0.1, 0.15) is 62.6 Å². The first-order valence-electron chi connectivity index (χ1n) is 13.3. The molecule has 0 aromatic heterocycles. The van der Waals surface area contributed by atoms with Crippen molar-refractivity contribution in [2.24, 2.45) is 11.8 Å². The summed E-state index contributed by atoms with van der Waals surface area (Å²) in [5.74, 6) is 1.60. The number of fused-ring (bicyclic) bond motifs is 2. The molecule has 0 nitrogen and oxygen atoms in total. The van der Waals surface area contributed by atoms with Crippen molar-refractivity contribution in [2.75, 3.05) is 0 Å². The lowest BCUT2D eigenvalue weighted by atomic mass is 9.93. The third-order valence-corrected chi connectivity index (χ3v) is 14.5. The van der Waals surface area contributed by atoms with Crippen molar-refractivity contribution >= 4 is 18.8 Å². The minimum Gasteiger partial charge on any atom is -0.0707 e. The summed E-state index contributed by atoms with van der Waals surface area (Å²) in [7, 11) is -1.56. The summed E-state index contributed by atoms with van der Waals surface area (Å²) >= 11 is 0. The van der Waals surface area contributed by atoms with E-state index in [4.69, 9.17) is 0 Å². The summed E-state index contributed by atoms with van der Waals surface area (Å²) in [6.45, 7) is 10.6. The van der Waals surface area contributed by atoms with Crippen LogP contribution in [0, 0.1) is 11.8 Å². The van der Waals surface area contributed by atoms with E-state index in [2.05, 4.69) is 87.6 Å². The van der Waals surface area contributed by atoms with Crippen molar-refractivity contribution in [3.8, 4) is 11.1 Å². The fourth-order valence-electron chi connectivity index (χ4n) is 8.54. The predicted octanol–water partition coefficient (Wildman–Crippen LogP) is 9.31. The van der Waals surface area contributed by atoms with Crippen LogP contribution in [0.5, 0.6) is 0 Å². The van der Waals surface area contributed by atoms with E-state index in [1.807, 2.05) is 11.1 Å². The van der Waals surface area contributed by atoms with Crippen LogP contribution in [0.2, 0.25) is 18.6 Å². The molecule has 0 fully saturated rings. The molecular formula is C32H38Si. The Morgan fingerprint density at radius 1 is 0.697 bits per heavy atom. The number of benzene rings is 3. The lowest BCUT2D eigenvalue weighted by molar-refractivity contribution is 0.548. The van der Waals surface area contributed by atoms with Gasteiger partial charge in [-0.15, -0.1) is 0 Å². The van der Waals surface area contributed by atoms with Gasteiger partial charge in [0.2, 0.25) is 0 Å². The van der Waals surface area contributed by atoms with Crippen LogP contribution in [0.4, 0.5) is 0 Å². The number of hydrogen-bond donors (Lipinski definition) is 0. The van der Waals surface area contributed by atoms with Crippen molar-refractivity contribution in [1.82, 2.24) is 0 Å². The molecule has 0 N–H and O–H groups in total. The van der Waals surface area contributed by atoms with E-state index in [0.29, 0.717) is 0 Å². The fraction of sp³-hybridized carbons (Fsp3) is 0.438. The molecular weight excluding hydrogens is 412 g/mol. The summed E-state index contributed by atoms with van der Waals surface area (Å²) < 4.78 is 0. The summed E-state index contributed by atoms with van der Waals surface area (Å²) in [4.78, 5) is 0. The van der Waals surface area contributed by atoms with Gasteiger partial charge in [-0.05, 0) is 94.5 Å². The van der Waals surface area contributed by atoms with E-state index in [-0.39, 0.29) is 0 Å². The summed E-state index contributed by atoms with van der Waals surface area (Å²) in [6, 6.07) is 23.0. The van der Waals surface area contributed by atoms with Crippen molar-refractivity contribution < 1.29 is 0 Å². The summed E-state index contributed by atoms with van der Waals surface area (Å²) in [5.41, 5.74) is 11.7. The molecule has 4 atom stereocenters. The minimum absolute atomic E-state index is 0.748. The van der Waals surface area contributed by atoms with E-state index in [0.717, 1.165) is 22.9 Å². The molecule has 0 radical (unpaired) electrons. The molecule has 33 heavy (non-hydrogen) atoms. The smallest absolute Gasteiger partial charge is 0.0630 e. The van der Waals surface area contributed by atoms with Crippen LogP contribution >= 0.6 is 0 Å². The zero-order valence-electron chi connectivity index (χ0n) is 20.8. The van der Waals surface area contributed by atoms with Crippen molar-refractivity contribution in [1.29, 1.82) is 0 Å². The van der Waals surface area contributed by atoms with E-state index in [1.54, 1.807) is 11.1 Å². The highest BCUT2D eigenvalue weighted by Gasteiger charge is 2.51. The van der Waals surface area contributed by atoms with Gasteiger partial charge in [-0.3, -0.25) is 0 Å². The molecule has 0 saturated heterocycles. The van der Waals surface area contributed by atoms with Gasteiger partial charge < -0.3 is 0 Å². The Labute approximate surface area is 201 Å². The monoisotopic (exact) mass is 450 g/mol. The van der Waals surface area contributed by atoms with E-state index in [9.17, 15) is 0 Å². The van der Waals surface area contributed by atoms with Gasteiger partial charge in [0.25, 0.3) is 0 Å². The van der Waals surface area contributed by atoms with E-state index >= 15 is 0 Å². The van der Waals surface area contributed by atoms with Gasteiger partial charge in [0, 0.05) is 0 Å². The molecule has 3 aromatic carbocycles. The molecule has 0 saturated carbocycles. The SMILES string of the molecule is CC1CC2=C(CCCC2)C1[Si](C)(C)C1c2cccc(-c3cccc4ccccc34)c2CC1C. The highest BCUT2D eigenvalue weighted by Crippen LogP contribution is 2.58. The van der Waals surface area contributed by atoms with Gasteiger partial charge in [0.15, 0.2) is 0 Å². The Balaban J connectivity index is 1.46. The summed E-state index contributed by atoms with van der Waals surface area (Å²) in [5, 5.41) is 2.74. The average molecular weight is 451 g/mol. The maximum atomic E-state index is 2.75. The fourth-order valence-corrected chi connectivity index (χ4v) is 14.4. The number of allylic oxidation sites excluding steroid dienone is 2. The van der Waals surface area contributed by atoms with Crippen LogP contribution in [0.3, 0.4) is 0 Å². The van der Waals surface area contributed by atoms with Gasteiger partial charge in [-0.1, -0.05) is 98.8 Å². The third-order valence-electron chi connectivity index (χ3n) is 9.47. The molecule has 0 aliphatic heterocycles. The van der Waals surface area contributed by atoms with Crippen molar-refractivity contribution in [3.05, 3.63) is 82.9 Å². The first-order valence-corrected chi connectivity index (χ1v) is 16.4. The van der Waals surface area contributed by atoms with Crippen LogP contribution in [-0.4, -0.2) is 8.07 Å². The lowest BCUT2D eigenvalue weighted by Gasteiger charge is -2.42. The largest absolute Gasteiger partial charge is 0.0707 e. The highest BCUT2D eigenvalue weighted by atomic mass is 28.3. The molecule has 0 heterocycles. The molecule has 3 aliphatic carbocycles. The third kappa shape index (κ3) is 3.30. The van der Waals surface area contributed by atoms with E-state index < -0.39 is 8.07 Å². The number of rotatable bonds is 3. The molecule has 4 unspecified atom stereocenters. The zero-order chi connectivity index (χ0) is 22.7. The normalized spacial score (nSPS) is 27.2. The molecule has 170 valence electrons. The molecule has 0 spiro atoms. The van der Waals surface area contributed by atoms with Gasteiger partial charge in [0.1, 0.15) is 0 Å². The molecule has 1 heteroatoms. The maximum Gasteiger partial charge on any atom is 0.0630 e. The van der Waals surface area contributed by atoms with Crippen molar-refractivity contribution in [3.63, 3.8) is 0 Å². The molecule has 6 rings (SSSR count). The van der Waals surface area contributed by atoms with Gasteiger partial charge in [0.05, 0.1) is 8.07 Å². The second kappa shape index (κ2) is 7.98. The Morgan fingerprint density at radius 3 is 2.27 bits per heavy atom.